The third-order valence-electron chi connectivity index (χ3n) is 3.70. The Kier molecular flexibility index (Phi) is 2.85. The van der Waals surface area contributed by atoms with E-state index in [1.54, 1.807) is 6.20 Å². The number of carbonyl (C=O) groups is 1. The molecule has 0 bridgehead atoms. The molecule has 3 rings (SSSR count). The van der Waals surface area contributed by atoms with Crippen LogP contribution < -0.4 is 5.32 Å². The van der Waals surface area contributed by atoms with Crippen LogP contribution in [0.25, 0.3) is 0 Å². The molecule has 4 nitrogen and oxygen atoms in total. The minimum Gasteiger partial charge on any atom is -0.311 e. The van der Waals surface area contributed by atoms with E-state index in [0.717, 1.165) is 11.4 Å². The van der Waals surface area contributed by atoms with Gasteiger partial charge >= 0.3 is 0 Å². The summed E-state index contributed by atoms with van der Waals surface area (Å²) >= 11 is 0. The summed E-state index contributed by atoms with van der Waals surface area (Å²) < 4.78 is 0. The van der Waals surface area contributed by atoms with Gasteiger partial charge in [-0.15, -0.1) is 0 Å². The standard InChI is InChI=1S/C15H17N3O/c1-9(2)10-3-5-11(6-4-10)12-7-14(19)17-15-13(12)8-16-18-15/h3-6,8-9,12H,7H2,1-2H3,(H2,16,17,18,19)/t12-/m0/s1. The van der Waals surface area contributed by atoms with E-state index in [2.05, 4.69) is 53.6 Å². The molecule has 2 aromatic rings. The zero-order chi connectivity index (χ0) is 13.4. The van der Waals surface area contributed by atoms with Crippen molar-refractivity contribution in [2.45, 2.75) is 32.1 Å². The zero-order valence-electron chi connectivity index (χ0n) is 11.1. The lowest BCUT2D eigenvalue weighted by Crippen LogP contribution is -2.22. The average molecular weight is 255 g/mol. The molecule has 1 aliphatic rings. The number of rotatable bonds is 2. The molecule has 0 unspecified atom stereocenters. The average Bonchev–Trinajstić information content (AvgIpc) is 2.85. The fourth-order valence-electron chi connectivity index (χ4n) is 2.56. The number of nitrogens with one attached hydrogen (secondary N) is 2. The van der Waals surface area contributed by atoms with Crippen LogP contribution in [0.4, 0.5) is 5.82 Å². The Hall–Kier alpha value is -2.10. The lowest BCUT2D eigenvalue weighted by atomic mass is 9.86. The number of amides is 1. The zero-order valence-corrected chi connectivity index (χ0v) is 11.1. The topological polar surface area (TPSA) is 57.8 Å². The molecule has 0 radical (unpaired) electrons. The van der Waals surface area contributed by atoms with Gasteiger partial charge in [-0.1, -0.05) is 38.1 Å². The van der Waals surface area contributed by atoms with Crippen molar-refractivity contribution in [3.8, 4) is 0 Å². The van der Waals surface area contributed by atoms with E-state index in [9.17, 15) is 4.79 Å². The Morgan fingerprint density at radius 1 is 1.26 bits per heavy atom. The highest BCUT2D eigenvalue weighted by Gasteiger charge is 2.27. The molecule has 19 heavy (non-hydrogen) atoms. The molecule has 98 valence electrons. The second-order valence-corrected chi connectivity index (χ2v) is 5.33. The molecule has 1 aromatic carbocycles. The molecule has 1 atom stereocenters. The van der Waals surface area contributed by atoms with Crippen molar-refractivity contribution in [3.63, 3.8) is 0 Å². The molecule has 2 N–H and O–H groups in total. The molecule has 0 saturated carbocycles. The maximum absolute atomic E-state index is 11.7. The molecular weight excluding hydrogens is 238 g/mol. The van der Waals surface area contributed by atoms with Gasteiger partial charge in [-0.05, 0) is 17.0 Å². The van der Waals surface area contributed by atoms with Crippen LogP contribution in [-0.4, -0.2) is 16.1 Å². The third kappa shape index (κ3) is 2.14. The van der Waals surface area contributed by atoms with Gasteiger partial charge < -0.3 is 5.32 Å². The molecule has 0 fully saturated rings. The van der Waals surface area contributed by atoms with Crippen molar-refractivity contribution in [1.29, 1.82) is 0 Å². The van der Waals surface area contributed by atoms with Gasteiger partial charge in [-0.3, -0.25) is 9.89 Å². The number of fused-ring (bicyclic) bond motifs is 1. The number of hydrogen-bond acceptors (Lipinski definition) is 2. The summed E-state index contributed by atoms with van der Waals surface area (Å²) in [7, 11) is 0. The van der Waals surface area contributed by atoms with Crippen LogP contribution in [0.1, 0.15) is 48.8 Å². The molecule has 1 aromatic heterocycles. The molecule has 1 amide bonds. The molecule has 1 aliphatic heterocycles. The van der Waals surface area contributed by atoms with Gasteiger partial charge in [-0.2, -0.15) is 5.10 Å². The number of hydrogen-bond donors (Lipinski definition) is 2. The minimum absolute atomic E-state index is 0.0367. The van der Waals surface area contributed by atoms with Crippen LogP contribution in [-0.2, 0) is 4.79 Å². The highest BCUT2D eigenvalue weighted by atomic mass is 16.1. The van der Waals surface area contributed by atoms with E-state index in [0.29, 0.717) is 12.3 Å². The number of aromatic amines is 1. The van der Waals surface area contributed by atoms with E-state index in [-0.39, 0.29) is 11.8 Å². The fourth-order valence-corrected chi connectivity index (χ4v) is 2.56. The highest BCUT2D eigenvalue weighted by Crippen LogP contribution is 2.35. The largest absolute Gasteiger partial charge is 0.311 e. The minimum atomic E-state index is 0.0367. The highest BCUT2D eigenvalue weighted by molar-refractivity contribution is 5.94. The predicted molar refractivity (Wildman–Crippen MR) is 74.2 cm³/mol. The Labute approximate surface area is 112 Å². The first-order valence-corrected chi connectivity index (χ1v) is 6.58. The lowest BCUT2D eigenvalue weighted by Gasteiger charge is -2.22. The van der Waals surface area contributed by atoms with E-state index in [1.807, 2.05) is 0 Å². The first kappa shape index (κ1) is 12.0. The van der Waals surface area contributed by atoms with E-state index in [1.165, 1.54) is 11.1 Å². The smallest absolute Gasteiger partial charge is 0.226 e. The van der Waals surface area contributed by atoms with Gasteiger partial charge in [-0.25, -0.2) is 0 Å². The van der Waals surface area contributed by atoms with Crippen molar-refractivity contribution >= 4 is 11.7 Å². The van der Waals surface area contributed by atoms with Crippen LogP contribution in [0.5, 0.6) is 0 Å². The summed E-state index contributed by atoms with van der Waals surface area (Å²) in [5.41, 5.74) is 3.55. The lowest BCUT2D eigenvalue weighted by molar-refractivity contribution is -0.116. The number of H-pyrrole nitrogens is 1. The summed E-state index contributed by atoms with van der Waals surface area (Å²) in [5, 5.41) is 9.67. The number of aromatic nitrogens is 2. The number of carbonyl (C=O) groups excluding carboxylic acids is 1. The number of benzene rings is 1. The van der Waals surface area contributed by atoms with Gasteiger partial charge in [0.1, 0.15) is 5.82 Å². The van der Waals surface area contributed by atoms with Gasteiger partial charge in [0.2, 0.25) is 5.91 Å². The number of anilines is 1. The Balaban J connectivity index is 1.96. The molecular formula is C15H17N3O. The molecule has 0 spiro atoms. The SMILES string of the molecule is CC(C)c1ccc([C@@H]2CC(=O)Nc3[nH]ncc32)cc1. The molecule has 0 aliphatic carbocycles. The van der Waals surface area contributed by atoms with Crippen LogP contribution >= 0.6 is 0 Å². The van der Waals surface area contributed by atoms with Crippen molar-refractivity contribution in [1.82, 2.24) is 10.2 Å². The summed E-state index contributed by atoms with van der Waals surface area (Å²) in [5.74, 6) is 1.39. The van der Waals surface area contributed by atoms with Gasteiger partial charge in [0.05, 0.1) is 6.20 Å². The van der Waals surface area contributed by atoms with Gasteiger partial charge in [0.25, 0.3) is 0 Å². The van der Waals surface area contributed by atoms with Crippen LogP contribution in [0, 0.1) is 0 Å². The van der Waals surface area contributed by atoms with Crippen molar-refractivity contribution in [3.05, 3.63) is 47.2 Å². The van der Waals surface area contributed by atoms with Crippen molar-refractivity contribution in [2.75, 3.05) is 5.32 Å². The van der Waals surface area contributed by atoms with E-state index in [4.69, 9.17) is 0 Å². The normalized spacial score (nSPS) is 18.3. The van der Waals surface area contributed by atoms with Crippen LogP contribution in [0.2, 0.25) is 0 Å². The summed E-state index contributed by atoms with van der Waals surface area (Å²) in [6.45, 7) is 4.36. The quantitative estimate of drug-likeness (QED) is 0.866. The second-order valence-electron chi connectivity index (χ2n) is 5.33. The Morgan fingerprint density at radius 3 is 2.68 bits per heavy atom. The number of nitrogens with zero attached hydrogens (tertiary/aromatic N) is 1. The second kappa shape index (κ2) is 4.53. The maximum atomic E-state index is 11.7. The summed E-state index contributed by atoms with van der Waals surface area (Å²) in [6.07, 6.45) is 2.28. The molecule has 0 saturated heterocycles. The Bertz CT molecular complexity index is 598. The van der Waals surface area contributed by atoms with E-state index >= 15 is 0 Å². The van der Waals surface area contributed by atoms with Crippen molar-refractivity contribution in [2.24, 2.45) is 0 Å². The van der Waals surface area contributed by atoms with Crippen LogP contribution in [0.3, 0.4) is 0 Å². The van der Waals surface area contributed by atoms with Crippen LogP contribution in [0.15, 0.2) is 30.5 Å². The Morgan fingerprint density at radius 2 is 2.00 bits per heavy atom. The maximum Gasteiger partial charge on any atom is 0.226 e. The first-order valence-electron chi connectivity index (χ1n) is 6.58. The summed E-state index contributed by atoms with van der Waals surface area (Å²) in [6, 6.07) is 8.53. The van der Waals surface area contributed by atoms with Gasteiger partial charge in [0.15, 0.2) is 0 Å². The first-order chi connectivity index (χ1) is 9.15. The molecule has 4 heteroatoms. The van der Waals surface area contributed by atoms with Crippen molar-refractivity contribution < 1.29 is 4.79 Å². The molecule has 2 heterocycles. The van der Waals surface area contributed by atoms with Gasteiger partial charge in [0, 0.05) is 17.9 Å². The third-order valence-corrected chi connectivity index (χ3v) is 3.70. The van der Waals surface area contributed by atoms with E-state index < -0.39 is 0 Å². The monoisotopic (exact) mass is 255 g/mol. The fraction of sp³-hybridized carbons (Fsp3) is 0.333. The predicted octanol–water partition coefficient (Wildman–Crippen LogP) is 3.01. The summed E-state index contributed by atoms with van der Waals surface area (Å²) in [4.78, 5) is 11.7.